The van der Waals surface area contributed by atoms with Crippen molar-refractivity contribution in [2.24, 2.45) is 0 Å². The molecule has 0 aliphatic heterocycles. The summed E-state index contributed by atoms with van der Waals surface area (Å²) in [6, 6.07) is 21.2. The van der Waals surface area contributed by atoms with Crippen LogP contribution in [0.5, 0.6) is 0 Å². The van der Waals surface area contributed by atoms with Gasteiger partial charge in [0, 0.05) is 0 Å². The van der Waals surface area contributed by atoms with Gasteiger partial charge in [-0.15, -0.1) is 0 Å². The maximum absolute atomic E-state index is 9.47. The fourth-order valence-corrected chi connectivity index (χ4v) is 2.49. The highest BCUT2D eigenvalue weighted by Crippen LogP contribution is 2.32. The third-order valence-electron chi connectivity index (χ3n) is 3.97. The smallest absolute Gasteiger partial charge is 0.0817 e. The van der Waals surface area contributed by atoms with Gasteiger partial charge in [-0.2, -0.15) is 5.26 Å². The summed E-state index contributed by atoms with van der Waals surface area (Å²) in [4.78, 5) is 0. The normalized spacial score (nSPS) is 11.0. The van der Waals surface area contributed by atoms with Gasteiger partial charge in [0.05, 0.1) is 11.5 Å². The van der Waals surface area contributed by atoms with Gasteiger partial charge in [0.1, 0.15) is 0 Å². The molecule has 0 saturated heterocycles. The molecule has 0 aliphatic rings. The Balaban J connectivity index is 2.36. The molecular weight excluding hydrogens is 230 g/mol. The van der Waals surface area contributed by atoms with Gasteiger partial charge in [-0.25, -0.2) is 0 Å². The van der Waals surface area contributed by atoms with Crippen molar-refractivity contribution in [3.63, 3.8) is 0 Å². The highest BCUT2D eigenvalue weighted by molar-refractivity contribution is 5.63. The lowest BCUT2D eigenvalue weighted by Crippen LogP contribution is -2.21. The van der Waals surface area contributed by atoms with Crippen LogP contribution in [0, 0.1) is 11.3 Å². The molecule has 0 fully saturated rings. The molecule has 0 unspecified atom stereocenters. The van der Waals surface area contributed by atoms with Crippen molar-refractivity contribution in [1.82, 2.24) is 0 Å². The van der Waals surface area contributed by atoms with Crippen LogP contribution in [0.25, 0.3) is 11.1 Å². The SMILES string of the molecule is CCC(C#N)(CC)c1ccc(-c2ccccc2)cc1. The summed E-state index contributed by atoms with van der Waals surface area (Å²) in [7, 11) is 0. The molecule has 0 atom stereocenters. The monoisotopic (exact) mass is 249 g/mol. The van der Waals surface area contributed by atoms with Crippen molar-refractivity contribution in [2.45, 2.75) is 32.1 Å². The van der Waals surface area contributed by atoms with Crippen molar-refractivity contribution >= 4 is 0 Å². The summed E-state index contributed by atoms with van der Waals surface area (Å²) >= 11 is 0. The van der Waals surface area contributed by atoms with Crippen LogP contribution >= 0.6 is 0 Å². The lowest BCUT2D eigenvalue weighted by atomic mass is 9.77. The molecule has 0 aliphatic carbocycles. The predicted molar refractivity (Wildman–Crippen MR) is 79.8 cm³/mol. The van der Waals surface area contributed by atoms with E-state index in [-0.39, 0.29) is 5.41 Å². The fourth-order valence-electron chi connectivity index (χ4n) is 2.49. The van der Waals surface area contributed by atoms with Gasteiger partial charge in [0.15, 0.2) is 0 Å². The van der Waals surface area contributed by atoms with Crippen LogP contribution < -0.4 is 0 Å². The molecule has 0 heterocycles. The summed E-state index contributed by atoms with van der Waals surface area (Å²) in [5, 5.41) is 9.47. The summed E-state index contributed by atoms with van der Waals surface area (Å²) in [5.41, 5.74) is 3.20. The minimum atomic E-state index is -0.338. The van der Waals surface area contributed by atoms with Gasteiger partial charge in [-0.05, 0) is 29.5 Å². The molecule has 0 N–H and O–H groups in total. The van der Waals surface area contributed by atoms with Crippen LogP contribution in [-0.4, -0.2) is 0 Å². The molecule has 1 heteroatoms. The van der Waals surface area contributed by atoms with Crippen molar-refractivity contribution in [3.8, 4) is 17.2 Å². The minimum absolute atomic E-state index is 0.338. The first-order chi connectivity index (χ1) is 9.25. The molecule has 2 rings (SSSR count). The Morgan fingerprint density at radius 2 is 1.37 bits per heavy atom. The van der Waals surface area contributed by atoms with Gasteiger partial charge in [-0.1, -0.05) is 68.4 Å². The van der Waals surface area contributed by atoms with E-state index >= 15 is 0 Å². The largest absolute Gasteiger partial charge is 0.197 e. The minimum Gasteiger partial charge on any atom is -0.197 e. The molecule has 1 nitrogen and oxygen atoms in total. The second kappa shape index (κ2) is 5.71. The molecule has 2 aromatic carbocycles. The highest BCUT2D eigenvalue weighted by atomic mass is 14.4. The molecule has 0 bridgehead atoms. The first-order valence-electron chi connectivity index (χ1n) is 6.83. The van der Waals surface area contributed by atoms with Crippen LogP contribution in [0.4, 0.5) is 0 Å². The molecular formula is C18H19N. The summed E-state index contributed by atoms with van der Waals surface area (Å²) in [5.74, 6) is 0. The van der Waals surface area contributed by atoms with Gasteiger partial charge in [0.2, 0.25) is 0 Å². The Morgan fingerprint density at radius 3 is 1.84 bits per heavy atom. The zero-order chi connectivity index (χ0) is 13.7. The van der Waals surface area contributed by atoms with E-state index in [1.807, 2.05) is 18.2 Å². The van der Waals surface area contributed by atoms with Crippen molar-refractivity contribution in [1.29, 1.82) is 5.26 Å². The van der Waals surface area contributed by atoms with E-state index < -0.39 is 0 Å². The van der Waals surface area contributed by atoms with Gasteiger partial charge in [0.25, 0.3) is 0 Å². The van der Waals surface area contributed by atoms with Crippen LogP contribution in [0.3, 0.4) is 0 Å². The van der Waals surface area contributed by atoms with E-state index in [9.17, 15) is 5.26 Å². The number of benzene rings is 2. The second-order valence-electron chi connectivity index (χ2n) is 4.84. The number of nitrogens with zero attached hydrogens (tertiary/aromatic N) is 1. The van der Waals surface area contributed by atoms with Gasteiger partial charge >= 0.3 is 0 Å². The Hall–Kier alpha value is -2.07. The quantitative estimate of drug-likeness (QED) is 0.753. The maximum Gasteiger partial charge on any atom is 0.0817 e. The first kappa shape index (κ1) is 13.4. The highest BCUT2D eigenvalue weighted by Gasteiger charge is 2.27. The van der Waals surface area contributed by atoms with Crippen molar-refractivity contribution in [2.75, 3.05) is 0 Å². The average molecular weight is 249 g/mol. The molecule has 0 spiro atoms. The second-order valence-corrected chi connectivity index (χ2v) is 4.84. The fraction of sp³-hybridized carbons (Fsp3) is 0.278. The standard InChI is InChI=1S/C18H19N/c1-3-18(4-2,14-19)17-12-10-16(11-13-17)15-8-6-5-7-9-15/h5-13H,3-4H2,1-2H3. The van der Waals surface area contributed by atoms with E-state index in [2.05, 4.69) is 56.3 Å². The molecule has 19 heavy (non-hydrogen) atoms. The van der Waals surface area contributed by atoms with Crippen LogP contribution in [0.2, 0.25) is 0 Å². The Labute approximate surface area is 115 Å². The average Bonchev–Trinajstić information content (AvgIpc) is 2.51. The number of nitriles is 1. The molecule has 2 aromatic rings. The third-order valence-corrected chi connectivity index (χ3v) is 3.97. The third kappa shape index (κ3) is 2.53. The first-order valence-corrected chi connectivity index (χ1v) is 6.83. The maximum atomic E-state index is 9.47. The van der Waals surface area contributed by atoms with E-state index in [0.717, 1.165) is 18.4 Å². The zero-order valence-electron chi connectivity index (χ0n) is 11.6. The predicted octanol–water partition coefficient (Wildman–Crippen LogP) is 4.93. The van der Waals surface area contributed by atoms with E-state index in [1.165, 1.54) is 11.1 Å². The van der Waals surface area contributed by atoms with Crippen LogP contribution in [-0.2, 0) is 5.41 Å². The number of hydrogen-bond donors (Lipinski definition) is 0. The number of rotatable bonds is 4. The topological polar surface area (TPSA) is 23.8 Å². The molecule has 0 saturated carbocycles. The van der Waals surface area contributed by atoms with Crippen molar-refractivity contribution < 1.29 is 0 Å². The lowest BCUT2D eigenvalue weighted by Gasteiger charge is -2.24. The summed E-state index contributed by atoms with van der Waals surface area (Å²) in [6.07, 6.45) is 1.70. The molecule has 0 amide bonds. The lowest BCUT2D eigenvalue weighted by molar-refractivity contribution is 0.511. The van der Waals surface area contributed by atoms with Crippen LogP contribution in [0.15, 0.2) is 54.6 Å². The molecule has 0 aromatic heterocycles. The van der Waals surface area contributed by atoms with Crippen molar-refractivity contribution in [3.05, 3.63) is 60.2 Å². The Morgan fingerprint density at radius 1 is 0.842 bits per heavy atom. The number of hydrogen-bond acceptors (Lipinski definition) is 1. The summed E-state index contributed by atoms with van der Waals surface area (Å²) in [6.45, 7) is 4.16. The zero-order valence-corrected chi connectivity index (χ0v) is 11.6. The Kier molecular flexibility index (Phi) is 4.02. The molecule has 0 radical (unpaired) electrons. The van der Waals surface area contributed by atoms with E-state index in [4.69, 9.17) is 0 Å². The van der Waals surface area contributed by atoms with Gasteiger partial charge in [-0.3, -0.25) is 0 Å². The van der Waals surface area contributed by atoms with Crippen LogP contribution in [0.1, 0.15) is 32.3 Å². The van der Waals surface area contributed by atoms with E-state index in [0.29, 0.717) is 0 Å². The van der Waals surface area contributed by atoms with E-state index in [1.54, 1.807) is 0 Å². The summed E-state index contributed by atoms with van der Waals surface area (Å²) < 4.78 is 0. The van der Waals surface area contributed by atoms with Gasteiger partial charge < -0.3 is 0 Å². The Bertz CT molecular complexity index is 557. The molecule has 96 valence electrons.